The maximum Gasteiger partial charge on any atom is 0.145 e. The van der Waals surface area contributed by atoms with Crippen LogP contribution in [0, 0.1) is 17.2 Å². The second kappa shape index (κ2) is 8.69. The van der Waals surface area contributed by atoms with Gasteiger partial charge in [-0.3, -0.25) is 0 Å². The van der Waals surface area contributed by atoms with E-state index in [4.69, 9.17) is 11.6 Å². The van der Waals surface area contributed by atoms with Gasteiger partial charge in [0.2, 0.25) is 0 Å². The summed E-state index contributed by atoms with van der Waals surface area (Å²) in [6.07, 6.45) is 6.47. The SMILES string of the molecule is CCC(C=CCC(C)(C)C)C(CNC)c1cccc(Cl)c1F. The molecule has 0 aliphatic heterocycles. The van der Waals surface area contributed by atoms with Gasteiger partial charge in [0, 0.05) is 12.5 Å². The van der Waals surface area contributed by atoms with Crippen LogP contribution < -0.4 is 5.32 Å². The van der Waals surface area contributed by atoms with Gasteiger partial charge in [0.25, 0.3) is 0 Å². The number of rotatable bonds is 7. The van der Waals surface area contributed by atoms with E-state index in [1.165, 1.54) is 0 Å². The van der Waals surface area contributed by atoms with Crippen molar-refractivity contribution in [3.05, 3.63) is 46.8 Å². The molecule has 0 aromatic heterocycles. The van der Waals surface area contributed by atoms with Crippen LogP contribution in [0.1, 0.15) is 52.0 Å². The maximum absolute atomic E-state index is 14.4. The van der Waals surface area contributed by atoms with Crippen LogP contribution in [0.2, 0.25) is 5.02 Å². The van der Waals surface area contributed by atoms with Gasteiger partial charge in [0.1, 0.15) is 5.82 Å². The Morgan fingerprint density at radius 2 is 2.00 bits per heavy atom. The number of halogens is 2. The summed E-state index contributed by atoms with van der Waals surface area (Å²) in [7, 11) is 1.90. The fourth-order valence-electron chi connectivity index (χ4n) is 2.67. The third kappa shape index (κ3) is 5.73. The molecule has 0 saturated carbocycles. The van der Waals surface area contributed by atoms with E-state index in [0.29, 0.717) is 11.5 Å². The van der Waals surface area contributed by atoms with Crippen LogP contribution in [0.4, 0.5) is 4.39 Å². The Morgan fingerprint density at radius 1 is 1.32 bits per heavy atom. The van der Waals surface area contributed by atoms with Gasteiger partial charge in [-0.15, -0.1) is 0 Å². The molecule has 0 bridgehead atoms. The molecule has 0 radical (unpaired) electrons. The lowest BCUT2D eigenvalue weighted by atomic mass is 9.82. The van der Waals surface area contributed by atoms with Gasteiger partial charge in [-0.2, -0.15) is 0 Å². The van der Waals surface area contributed by atoms with Gasteiger partial charge in [-0.05, 0) is 42.9 Å². The molecule has 0 amide bonds. The standard InChI is InChI=1S/C19H29ClFN/c1-6-14(9-8-12-19(2,3)4)16(13-22-5)15-10-7-11-17(20)18(15)21/h7-11,14,16,22H,6,12-13H2,1-5H3. The van der Waals surface area contributed by atoms with Crippen LogP contribution in [0.15, 0.2) is 30.4 Å². The molecule has 22 heavy (non-hydrogen) atoms. The fourth-order valence-corrected chi connectivity index (χ4v) is 2.85. The minimum Gasteiger partial charge on any atom is -0.319 e. The minimum absolute atomic E-state index is 0.0879. The van der Waals surface area contributed by atoms with Crippen molar-refractivity contribution in [2.24, 2.45) is 11.3 Å². The van der Waals surface area contributed by atoms with Crippen molar-refractivity contribution in [1.82, 2.24) is 5.32 Å². The predicted octanol–water partition coefficient (Wildman–Crippen LogP) is 5.80. The summed E-state index contributed by atoms with van der Waals surface area (Å²) in [6, 6.07) is 5.28. The highest BCUT2D eigenvalue weighted by Crippen LogP contribution is 2.33. The van der Waals surface area contributed by atoms with Crippen molar-refractivity contribution in [3.63, 3.8) is 0 Å². The molecule has 0 spiro atoms. The van der Waals surface area contributed by atoms with Gasteiger partial charge < -0.3 is 5.32 Å². The monoisotopic (exact) mass is 325 g/mol. The number of hydrogen-bond donors (Lipinski definition) is 1. The van der Waals surface area contributed by atoms with E-state index in [1.54, 1.807) is 6.07 Å². The van der Waals surface area contributed by atoms with E-state index >= 15 is 0 Å². The van der Waals surface area contributed by atoms with E-state index in [0.717, 1.165) is 19.4 Å². The van der Waals surface area contributed by atoms with Crippen molar-refractivity contribution in [1.29, 1.82) is 0 Å². The Bertz CT molecular complexity index is 491. The third-order valence-electron chi connectivity index (χ3n) is 3.91. The van der Waals surface area contributed by atoms with Crippen molar-refractivity contribution in [2.75, 3.05) is 13.6 Å². The Kier molecular flexibility index (Phi) is 7.58. The Hall–Kier alpha value is -0.860. The zero-order valence-corrected chi connectivity index (χ0v) is 15.2. The van der Waals surface area contributed by atoms with Crippen molar-refractivity contribution in [2.45, 2.75) is 46.5 Å². The van der Waals surface area contributed by atoms with Gasteiger partial charge in [0.05, 0.1) is 5.02 Å². The van der Waals surface area contributed by atoms with Gasteiger partial charge in [-0.1, -0.05) is 63.6 Å². The predicted molar refractivity (Wildman–Crippen MR) is 95.1 cm³/mol. The molecule has 1 rings (SSSR count). The van der Waals surface area contributed by atoms with Gasteiger partial charge in [-0.25, -0.2) is 4.39 Å². The second-order valence-electron chi connectivity index (χ2n) is 7.07. The van der Waals surface area contributed by atoms with Crippen LogP contribution in [0.25, 0.3) is 0 Å². The highest BCUT2D eigenvalue weighted by atomic mass is 35.5. The molecule has 1 N–H and O–H groups in total. The van der Waals surface area contributed by atoms with Crippen LogP contribution in [0.3, 0.4) is 0 Å². The topological polar surface area (TPSA) is 12.0 Å². The quantitative estimate of drug-likeness (QED) is 0.624. The molecule has 0 aliphatic rings. The van der Waals surface area contributed by atoms with Crippen molar-refractivity contribution < 1.29 is 4.39 Å². The lowest BCUT2D eigenvalue weighted by molar-refractivity contribution is 0.414. The second-order valence-corrected chi connectivity index (χ2v) is 7.48. The van der Waals surface area contributed by atoms with Crippen LogP contribution >= 0.6 is 11.6 Å². The Balaban J connectivity index is 3.03. The maximum atomic E-state index is 14.4. The van der Waals surface area contributed by atoms with Crippen molar-refractivity contribution in [3.8, 4) is 0 Å². The summed E-state index contributed by atoms with van der Waals surface area (Å²) in [6.45, 7) is 9.55. The lowest BCUT2D eigenvalue weighted by Gasteiger charge is -2.25. The molecule has 1 aromatic carbocycles. The average Bonchev–Trinajstić information content (AvgIpc) is 2.44. The number of nitrogens with one attached hydrogen (secondary N) is 1. The summed E-state index contributed by atoms with van der Waals surface area (Å²) < 4.78 is 14.4. The largest absolute Gasteiger partial charge is 0.319 e. The van der Waals surface area contributed by atoms with E-state index in [1.807, 2.05) is 19.2 Å². The van der Waals surface area contributed by atoms with E-state index in [2.05, 4.69) is 45.2 Å². The third-order valence-corrected chi connectivity index (χ3v) is 4.20. The van der Waals surface area contributed by atoms with Crippen LogP contribution in [-0.4, -0.2) is 13.6 Å². The first-order chi connectivity index (χ1) is 10.3. The molecular formula is C19H29ClFN. The zero-order chi connectivity index (χ0) is 16.8. The lowest BCUT2D eigenvalue weighted by Crippen LogP contribution is -2.24. The minimum atomic E-state index is -0.285. The Morgan fingerprint density at radius 3 is 2.55 bits per heavy atom. The molecule has 0 aliphatic carbocycles. The van der Waals surface area contributed by atoms with Crippen LogP contribution in [0.5, 0.6) is 0 Å². The first-order valence-electron chi connectivity index (χ1n) is 8.05. The molecule has 2 atom stereocenters. The van der Waals surface area contributed by atoms with Crippen LogP contribution in [-0.2, 0) is 0 Å². The molecule has 0 heterocycles. The Labute approximate surface area is 140 Å². The number of benzene rings is 1. The summed E-state index contributed by atoms with van der Waals surface area (Å²) in [5.41, 5.74) is 0.975. The molecule has 2 unspecified atom stereocenters. The summed E-state index contributed by atoms with van der Waals surface area (Å²) in [5.74, 6) is 0.0970. The van der Waals surface area contributed by atoms with Gasteiger partial charge in [0.15, 0.2) is 0 Å². The highest BCUT2D eigenvalue weighted by Gasteiger charge is 2.23. The van der Waals surface area contributed by atoms with Gasteiger partial charge >= 0.3 is 0 Å². The normalized spacial score (nSPS) is 15.2. The summed E-state index contributed by atoms with van der Waals surface area (Å²) in [5, 5.41) is 3.39. The molecule has 0 saturated heterocycles. The zero-order valence-electron chi connectivity index (χ0n) is 14.4. The molecule has 0 fully saturated rings. The molecular weight excluding hydrogens is 297 g/mol. The smallest absolute Gasteiger partial charge is 0.145 e. The average molecular weight is 326 g/mol. The fraction of sp³-hybridized carbons (Fsp3) is 0.579. The molecule has 124 valence electrons. The molecule has 1 aromatic rings. The number of allylic oxidation sites excluding steroid dienone is 2. The summed E-state index contributed by atoms with van der Waals surface area (Å²) >= 11 is 5.96. The molecule has 1 nitrogen and oxygen atoms in total. The number of hydrogen-bond acceptors (Lipinski definition) is 1. The first kappa shape index (κ1) is 19.2. The molecule has 3 heteroatoms. The first-order valence-corrected chi connectivity index (χ1v) is 8.43. The van der Waals surface area contributed by atoms with E-state index < -0.39 is 0 Å². The summed E-state index contributed by atoms with van der Waals surface area (Å²) in [4.78, 5) is 0. The number of likely N-dealkylation sites (N-methyl/N-ethyl adjacent to an activating group) is 1. The highest BCUT2D eigenvalue weighted by molar-refractivity contribution is 6.30. The van der Waals surface area contributed by atoms with E-state index in [-0.39, 0.29) is 22.2 Å². The van der Waals surface area contributed by atoms with E-state index in [9.17, 15) is 4.39 Å². The van der Waals surface area contributed by atoms with Crippen molar-refractivity contribution >= 4 is 11.6 Å².